The zero-order valence-corrected chi connectivity index (χ0v) is 16.8. The van der Waals surface area contributed by atoms with Gasteiger partial charge in [0.2, 0.25) is 5.91 Å². The third-order valence-corrected chi connectivity index (χ3v) is 4.96. The highest BCUT2D eigenvalue weighted by atomic mass is 16.5. The Kier molecular flexibility index (Phi) is 5.11. The number of hydrogen-bond donors (Lipinski definition) is 3. The topological polar surface area (TPSA) is 122 Å². The molecule has 0 radical (unpaired) electrons. The first-order chi connectivity index (χ1) is 14.5. The number of hydrogen-bond acceptors (Lipinski definition) is 6. The second-order valence-corrected chi connectivity index (χ2v) is 6.73. The number of nitrogens with two attached hydrogens (primary N) is 1. The molecule has 0 fully saturated rings. The van der Waals surface area contributed by atoms with Crippen molar-refractivity contribution in [2.24, 2.45) is 5.73 Å². The minimum Gasteiger partial charge on any atom is -0.493 e. The summed E-state index contributed by atoms with van der Waals surface area (Å²) in [5.41, 5.74) is 9.51. The molecule has 0 saturated carbocycles. The van der Waals surface area contributed by atoms with Gasteiger partial charge in [-0.1, -0.05) is 30.3 Å². The van der Waals surface area contributed by atoms with Crippen LogP contribution in [0.25, 0.3) is 22.6 Å². The molecule has 0 aliphatic rings. The lowest BCUT2D eigenvalue weighted by Gasteiger charge is -2.21. The van der Waals surface area contributed by atoms with Crippen LogP contribution in [0.15, 0.2) is 48.7 Å². The summed E-state index contributed by atoms with van der Waals surface area (Å²) in [7, 11) is 4.81. The van der Waals surface area contributed by atoms with Crippen molar-refractivity contribution in [1.82, 2.24) is 20.2 Å². The highest BCUT2D eigenvalue weighted by molar-refractivity contribution is 6.00. The number of likely N-dealkylation sites (N-methyl/N-ethyl adjacent to an activating group) is 1. The largest absolute Gasteiger partial charge is 0.493 e. The van der Waals surface area contributed by atoms with Crippen LogP contribution < -0.4 is 20.1 Å². The number of aromatic amines is 2. The average Bonchev–Trinajstić information content (AvgIpc) is 3.43. The van der Waals surface area contributed by atoms with E-state index in [0.717, 1.165) is 11.1 Å². The van der Waals surface area contributed by atoms with Gasteiger partial charge in [-0.15, -0.1) is 0 Å². The highest BCUT2D eigenvalue weighted by Gasteiger charge is 2.25. The monoisotopic (exact) mass is 406 g/mol. The van der Waals surface area contributed by atoms with Crippen LogP contribution in [0.4, 0.5) is 5.69 Å². The smallest absolute Gasteiger partial charge is 0.248 e. The number of ether oxygens (including phenoxy) is 2. The van der Waals surface area contributed by atoms with E-state index in [2.05, 4.69) is 20.2 Å². The van der Waals surface area contributed by atoms with E-state index >= 15 is 0 Å². The molecule has 2 aromatic carbocycles. The number of amides is 1. The summed E-state index contributed by atoms with van der Waals surface area (Å²) in [6.45, 7) is 0. The number of aromatic nitrogens is 4. The van der Waals surface area contributed by atoms with Gasteiger partial charge < -0.3 is 25.1 Å². The van der Waals surface area contributed by atoms with E-state index in [-0.39, 0.29) is 5.91 Å². The van der Waals surface area contributed by atoms with Crippen molar-refractivity contribution in [2.45, 2.75) is 6.04 Å². The van der Waals surface area contributed by atoms with Crippen molar-refractivity contribution >= 4 is 22.6 Å². The summed E-state index contributed by atoms with van der Waals surface area (Å²) in [5, 5.41) is 7.02. The SMILES string of the molecule is COc1cc2nc(-c3[nH]ncc3N(C)C(=O)[C@H](N)c3ccccc3)[nH]c2cc1OC. The van der Waals surface area contributed by atoms with Gasteiger partial charge in [0.15, 0.2) is 17.3 Å². The molecule has 30 heavy (non-hydrogen) atoms. The molecule has 154 valence electrons. The Balaban J connectivity index is 1.68. The molecule has 1 amide bonds. The normalized spacial score (nSPS) is 12.0. The molecule has 2 heterocycles. The maximum absolute atomic E-state index is 13.0. The van der Waals surface area contributed by atoms with E-state index in [0.29, 0.717) is 34.2 Å². The van der Waals surface area contributed by atoms with E-state index < -0.39 is 6.04 Å². The van der Waals surface area contributed by atoms with E-state index in [1.54, 1.807) is 39.6 Å². The van der Waals surface area contributed by atoms with Gasteiger partial charge in [-0.2, -0.15) is 5.10 Å². The fourth-order valence-corrected chi connectivity index (χ4v) is 3.29. The molecular formula is C21H22N6O3. The molecule has 0 spiro atoms. The Labute approximate surface area is 172 Å². The van der Waals surface area contributed by atoms with Crippen molar-refractivity contribution in [3.05, 3.63) is 54.2 Å². The molecule has 2 aromatic heterocycles. The minimum atomic E-state index is -0.789. The molecule has 0 aliphatic carbocycles. The van der Waals surface area contributed by atoms with Crippen molar-refractivity contribution in [3.63, 3.8) is 0 Å². The van der Waals surface area contributed by atoms with Crippen LogP contribution in [0.5, 0.6) is 11.5 Å². The molecule has 4 aromatic rings. The quantitative estimate of drug-likeness (QED) is 0.452. The molecule has 0 aliphatic heterocycles. The number of anilines is 1. The van der Waals surface area contributed by atoms with Crippen LogP contribution in [-0.2, 0) is 4.79 Å². The van der Waals surface area contributed by atoms with Crippen LogP contribution in [0.1, 0.15) is 11.6 Å². The first kappa shape index (κ1) is 19.5. The van der Waals surface area contributed by atoms with Crippen LogP contribution in [0.2, 0.25) is 0 Å². The van der Waals surface area contributed by atoms with E-state index in [1.807, 2.05) is 30.3 Å². The number of imidazole rings is 1. The molecule has 9 nitrogen and oxygen atoms in total. The number of H-pyrrole nitrogens is 2. The van der Waals surface area contributed by atoms with Crippen LogP contribution in [0, 0.1) is 0 Å². The van der Waals surface area contributed by atoms with Crippen molar-refractivity contribution in [2.75, 3.05) is 26.2 Å². The first-order valence-corrected chi connectivity index (χ1v) is 9.27. The third kappa shape index (κ3) is 3.35. The predicted octanol–water partition coefficient (Wildman–Crippen LogP) is 2.63. The average molecular weight is 406 g/mol. The lowest BCUT2D eigenvalue weighted by Crippen LogP contribution is -2.36. The summed E-state index contributed by atoms with van der Waals surface area (Å²) in [4.78, 5) is 22.3. The van der Waals surface area contributed by atoms with Crippen molar-refractivity contribution < 1.29 is 14.3 Å². The highest BCUT2D eigenvalue weighted by Crippen LogP contribution is 2.34. The third-order valence-electron chi connectivity index (χ3n) is 4.96. The summed E-state index contributed by atoms with van der Waals surface area (Å²) >= 11 is 0. The van der Waals surface area contributed by atoms with Gasteiger partial charge >= 0.3 is 0 Å². The molecular weight excluding hydrogens is 384 g/mol. The predicted molar refractivity (Wildman–Crippen MR) is 114 cm³/mol. The Bertz CT molecular complexity index is 1140. The Morgan fingerprint density at radius 2 is 1.83 bits per heavy atom. The fourth-order valence-electron chi connectivity index (χ4n) is 3.29. The molecule has 0 unspecified atom stereocenters. The summed E-state index contributed by atoms with van der Waals surface area (Å²) in [6, 6.07) is 12.0. The van der Waals surface area contributed by atoms with E-state index in [1.165, 1.54) is 4.90 Å². The van der Waals surface area contributed by atoms with Gasteiger partial charge in [0.25, 0.3) is 0 Å². The number of benzene rings is 2. The second-order valence-electron chi connectivity index (χ2n) is 6.73. The lowest BCUT2D eigenvalue weighted by molar-refractivity contribution is -0.119. The van der Waals surface area contributed by atoms with Gasteiger partial charge in [0.1, 0.15) is 11.7 Å². The molecule has 1 atom stereocenters. The number of carbonyl (C=O) groups is 1. The number of rotatable bonds is 6. The van der Waals surface area contributed by atoms with Gasteiger partial charge in [0.05, 0.1) is 37.1 Å². The van der Waals surface area contributed by atoms with Gasteiger partial charge in [-0.3, -0.25) is 9.89 Å². The molecule has 4 N–H and O–H groups in total. The van der Waals surface area contributed by atoms with Gasteiger partial charge in [0, 0.05) is 19.2 Å². The molecule has 9 heteroatoms. The first-order valence-electron chi connectivity index (χ1n) is 9.27. The Morgan fingerprint density at radius 1 is 1.13 bits per heavy atom. The number of methoxy groups -OCH3 is 2. The Morgan fingerprint density at radius 3 is 2.53 bits per heavy atom. The standard InChI is InChI=1S/C21H22N6O3/c1-27(21(28)18(22)12-7-5-4-6-8-12)15-11-23-26-19(15)20-24-13-9-16(29-2)17(30-3)10-14(13)25-20/h4-11,18H,22H2,1-3H3,(H,23,26)(H,24,25)/t18-/m1/s1. The maximum Gasteiger partial charge on any atom is 0.248 e. The Hall–Kier alpha value is -3.85. The molecule has 4 rings (SSSR count). The zero-order valence-electron chi connectivity index (χ0n) is 16.8. The number of nitrogens with zero attached hydrogens (tertiary/aromatic N) is 3. The fraction of sp³-hybridized carbons (Fsp3) is 0.190. The van der Waals surface area contributed by atoms with Crippen molar-refractivity contribution in [1.29, 1.82) is 0 Å². The molecule has 0 bridgehead atoms. The number of carbonyl (C=O) groups excluding carboxylic acids is 1. The van der Waals surface area contributed by atoms with Crippen LogP contribution >= 0.6 is 0 Å². The number of fused-ring (bicyclic) bond motifs is 1. The zero-order chi connectivity index (χ0) is 21.3. The summed E-state index contributed by atoms with van der Waals surface area (Å²) in [6.07, 6.45) is 1.57. The summed E-state index contributed by atoms with van der Waals surface area (Å²) < 4.78 is 10.7. The van der Waals surface area contributed by atoms with Gasteiger partial charge in [-0.05, 0) is 5.56 Å². The van der Waals surface area contributed by atoms with E-state index in [4.69, 9.17) is 15.2 Å². The minimum absolute atomic E-state index is 0.261. The van der Waals surface area contributed by atoms with Crippen LogP contribution in [-0.4, -0.2) is 47.3 Å². The second kappa shape index (κ2) is 7.88. The molecule has 0 saturated heterocycles. The summed E-state index contributed by atoms with van der Waals surface area (Å²) in [5.74, 6) is 1.43. The van der Waals surface area contributed by atoms with Gasteiger partial charge in [-0.25, -0.2) is 4.98 Å². The number of nitrogens with one attached hydrogen (secondary N) is 2. The van der Waals surface area contributed by atoms with E-state index in [9.17, 15) is 4.79 Å². The van der Waals surface area contributed by atoms with Crippen LogP contribution in [0.3, 0.4) is 0 Å². The maximum atomic E-state index is 13.0. The lowest BCUT2D eigenvalue weighted by atomic mass is 10.1. The van der Waals surface area contributed by atoms with Crippen molar-refractivity contribution in [3.8, 4) is 23.0 Å².